The quantitative estimate of drug-likeness (QED) is 0.310. The van der Waals surface area contributed by atoms with Gasteiger partial charge in [0.05, 0.1) is 5.75 Å². The van der Waals surface area contributed by atoms with Gasteiger partial charge in [0.2, 0.25) is 5.91 Å². The van der Waals surface area contributed by atoms with Gasteiger partial charge < -0.3 is 9.64 Å². The van der Waals surface area contributed by atoms with Crippen molar-refractivity contribution in [3.63, 3.8) is 0 Å². The first-order valence-electron chi connectivity index (χ1n) is 11.8. The van der Waals surface area contributed by atoms with E-state index in [1.807, 2.05) is 58.0 Å². The minimum atomic E-state index is 0.158. The Labute approximate surface area is 206 Å². The number of para-hydroxylation sites is 1. The van der Waals surface area contributed by atoms with Crippen LogP contribution in [0.3, 0.4) is 0 Å². The largest absolute Gasteiger partial charge is 0.485 e. The fraction of sp³-hybridized carbons (Fsp3) is 0.370. The summed E-state index contributed by atoms with van der Waals surface area (Å²) < 4.78 is 8.15. The molecule has 1 amide bonds. The molecule has 3 aromatic rings. The second kappa shape index (κ2) is 11.4. The molecule has 1 saturated heterocycles. The Morgan fingerprint density at radius 2 is 1.79 bits per heavy atom. The highest BCUT2D eigenvalue weighted by atomic mass is 32.2. The topological polar surface area (TPSA) is 60.2 Å². The summed E-state index contributed by atoms with van der Waals surface area (Å²) in [6.07, 6.45) is 2.99. The van der Waals surface area contributed by atoms with Crippen LogP contribution in [0.1, 0.15) is 26.1 Å². The van der Waals surface area contributed by atoms with Gasteiger partial charge in [0.15, 0.2) is 11.0 Å². The molecule has 1 aliphatic heterocycles. The van der Waals surface area contributed by atoms with E-state index in [0.717, 1.165) is 30.0 Å². The highest BCUT2D eigenvalue weighted by Gasteiger charge is 2.26. The first-order chi connectivity index (χ1) is 16.5. The molecule has 1 aromatic heterocycles. The molecule has 1 fully saturated rings. The number of carbonyl (C=O) groups excluding carboxylic acids is 1. The first-order valence-corrected chi connectivity index (χ1v) is 12.7. The Balaban J connectivity index is 1.43. The van der Waals surface area contributed by atoms with Crippen molar-refractivity contribution in [1.82, 2.24) is 19.7 Å². The third kappa shape index (κ3) is 5.89. The summed E-state index contributed by atoms with van der Waals surface area (Å²) in [6, 6.07) is 18.2. The van der Waals surface area contributed by atoms with E-state index in [4.69, 9.17) is 4.74 Å². The number of ether oxygens (including phenoxy) is 1. The van der Waals surface area contributed by atoms with Gasteiger partial charge in [-0.05, 0) is 29.9 Å². The molecule has 2 heterocycles. The number of nitrogens with zero attached hydrogens (tertiary/aromatic N) is 4. The molecule has 4 rings (SSSR count). The lowest BCUT2D eigenvalue weighted by Crippen LogP contribution is -2.43. The molecular weight excluding hydrogens is 444 g/mol. The minimum Gasteiger partial charge on any atom is -0.485 e. The second-order valence-corrected chi connectivity index (χ2v) is 9.92. The fourth-order valence-corrected chi connectivity index (χ4v) is 5.39. The fourth-order valence-electron chi connectivity index (χ4n) is 4.52. The summed E-state index contributed by atoms with van der Waals surface area (Å²) in [5, 5.41) is 9.42. The predicted molar refractivity (Wildman–Crippen MR) is 137 cm³/mol. The predicted octanol–water partition coefficient (Wildman–Crippen LogP) is 5.31. The molecule has 1 aliphatic rings. The molecule has 6 nitrogen and oxygen atoms in total. The maximum atomic E-state index is 12.8. The molecule has 178 valence electrons. The van der Waals surface area contributed by atoms with Crippen molar-refractivity contribution < 1.29 is 9.53 Å². The summed E-state index contributed by atoms with van der Waals surface area (Å²) in [5.41, 5.74) is 2.13. The number of amides is 1. The van der Waals surface area contributed by atoms with E-state index in [2.05, 4.69) is 42.8 Å². The zero-order chi connectivity index (χ0) is 23.9. The van der Waals surface area contributed by atoms with Crippen molar-refractivity contribution in [1.29, 1.82) is 0 Å². The molecule has 7 heteroatoms. The average Bonchev–Trinajstić information content (AvgIpc) is 3.23. The van der Waals surface area contributed by atoms with Crippen LogP contribution >= 0.6 is 11.8 Å². The highest BCUT2D eigenvalue weighted by Crippen LogP contribution is 2.30. The first kappa shape index (κ1) is 24.1. The molecule has 0 radical (unpaired) electrons. The van der Waals surface area contributed by atoms with E-state index in [-0.39, 0.29) is 12.5 Å². The van der Waals surface area contributed by atoms with Gasteiger partial charge in [-0.2, -0.15) is 0 Å². The molecule has 0 N–H and O–H groups in total. The monoisotopic (exact) mass is 476 g/mol. The van der Waals surface area contributed by atoms with Crippen LogP contribution in [0.5, 0.6) is 5.75 Å². The van der Waals surface area contributed by atoms with Gasteiger partial charge in [-0.25, -0.2) is 0 Å². The Morgan fingerprint density at radius 3 is 2.53 bits per heavy atom. The molecule has 0 aliphatic carbocycles. The summed E-state index contributed by atoms with van der Waals surface area (Å²) in [6.45, 7) is 10.8. The van der Waals surface area contributed by atoms with Crippen LogP contribution in [-0.2, 0) is 17.9 Å². The normalized spacial score (nSPS) is 18.0. The maximum Gasteiger partial charge on any atom is 0.233 e. The number of allylic oxidation sites excluding steroid dienone is 1. The van der Waals surface area contributed by atoms with Crippen molar-refractivity contribution in [2.45, 2.75) is 38.6 Å². The SMILES string of the molecule is C=CCn1c(COc2ccccc2-c2ccccc2)nnc1SCC(=O)N1CC(C)CC(C)C1. The second-order valence-electron chi connectivity index (χ2n) is 8.98. The van der Waals surface area contributed by atoms with Crippen LogP contribution in [0.15, 0.2) is 72.4 Å². The molecular formula is C27H32N4O2S. The number of carbonyl (C=O) groups is 1. The molecule has 2 unspecified atom stereocenters. The van der Waals surface area contributed by atoms with Gasteiger partial charge >= 0.3 is 0 Å². The molecule has 34 heavy (non-hydrogen) atoms. The molecule has 0 spiro atoms. The standard InChI is InChI=1S/C27H32N4O2S/c1-4-14-31-25(18-33-24-13-9-8-12-23(24)22-10-6-5-7-11-22)28-29-27(31)34-19-26(32)30-16-20(2)15-21(3)17-30/h4-13,20-21H,1,14-19H2,2-3H3. The number of hydrogen-bond donors (Lipinski definition) is 0. The molecule has 2 aromatic carbocycles. The number of likely N-dealkylation sites (tertiary alicyclic amines) is 1. The van der Waals surface area contributed by atoms with Crippen molar-refractivity contribution >= 4 is 17.7 Å². The zero-order valence-corrected chi connectivity index (χ0v) is 20.7. The van der Waals surface area contributed by atoms with E-state index >= 15 is 0 Å². The number of thioether (sulfide) groups is 1. The maximum absolute atomic E-state index is 12.8. The van der Waals surface area contributed by atoms with E-state index in [1.54, 1.807) is 0 Å². The van der Waals surface area contributed by atoms with Crippen LogP contribution in [0.25, 0.3) is 11.1 Å². The van der Waals surface area contributed by atoms with Gasteiger partial charge in [-0.3, -0.25) is 9.36 Å². The Morgan fingerprint density at radius 1 is 1.09 bits per heavy atom. The van der Waals surface area contributed by atoms with Crippen LogP contribution < -0.4 is 4.74 Å². The van der Waals surface area contributed by atoms with Crippen molar-refractivity contribution in [3.05, 3.63) is 73.1 Å². The summed E-state index contributed by atoms with van der Waals surface area (Å²) >= 11 is 1.43. The van der Waals surface area contributed by atoms with Crippen molar-refractivity contribution in [2.24, 2.45) is 11.8 Å². The highest BCUT2D eigenvalue weighted by molar-refractivity contribution is 7.99. The lowest BCUT2D eigenvalue weighted by molar-refractivity contribution is -0.130. The van der Waals surface area contributed by atoms with Gasteiger partial charge in [-0.1, -0.05) is 80.2 Å². The van der Waals surface area contributed by atoms with Crippen molar-refractivity contribution in [2.75, 3.05) is 18.8 Å². The summed E-state index contributed by atoms with van der Waals surface area (Å²) in [5.74, 6) is 3.10. The third-order valence-corrected chi connectivity index (χ3v) is 6.93. The number of benzene rings is 2. The van der Waals surface area contributed by atoms with Gasteiger partial charge in [0.25, 0.3) is 0 Å². The zero-order valence-electron chi connectivity index (χ0n) is 19.9. The molecule has 2 atom stereocenters. The Kier molecular flexibility index (Phi) is 8.06. The summed E-state index contributed by atoms with van der Waals surface area (Å²) in [4.78, 5) is 14.8. The van der Waals surface area contributed by atoms with Crippen LogP contribution in [-0.4, -0.2) is 44.4 Å². The number of rotatable bonds is 9. The van der Waals surface area contributed by atoms with Crippen LogP contribution in [0.2, 0.25) is 0 Å². The number of piperidine rings is 1. The van der Waals surface area contributed by atoms with Crippen LogP contribution in [0, 0.1) is 11.8 Å². The van der Waals surface area contributed by atoms with Gasteiger partial charge in [-0.15, -0.1) is 16.8 Å². The minimum absolute atomic E-state index is 0.158. The smallest absolute Gasteiger partial charge is 0.233 e. The van der Waals surface area contributed by atoms with E-state index in [9.17, 15) is 4.79 Å². The number of aromatic nitrogens is 3. The lowest BCUT2D eigenvalue weighted by atomic mass is 9.92. The van der Waals surface area contributed by atoms with E-state index in [0.29, 0.717) is 35.1 Å². The molecule has 0 bridgehead atoms. The lowest BCUT2D eigenvalue weighted by Gasteiger charge is -2.34. The van der Waals surface area contributed by atoms with Crippen LogP contribution in [0.4, 0.5) is 0 Å². The van der Waals surface area contributed by atoms with Gasteiger partial charge in [0, 0.05) is 25.2 Å². The number of hydrogen-bond acceptors (Lipinski definition) is 5. The molecule has 0 saturated carbocycles. The Bertz CT molecular complexity index is 1100. The average molecular weight is 477 g/mol. The summed E-state index contributed by atoms with van der Waals surface area (Å²) in [7, 11) is 0. The van der Waals surface area contributed by atoms with Crippen molar-refractivity contribution in [3.8, 4) is 16.9 Å². The van der Waals surface area contributed by atoms with E-state index in [1.165, 1.54) is 18.2 Å². The van der Waals surface area contributed by atoms with Gasteiger partial charge in [0.1, 0.15) is 12.4 Å². The Hall–Kier alpha value is -3.06. The van der Waals surface area contributed by atoms with E-state index < -0.39 is 0 Å². The third-order valence-electron chi connectivity index (χ3n) is 5.98.